The minimum atomic E-state index is -0.957. The predicted octanol–water partition coefficient (Wildman–Crippen LogP) is 3.14. The fourth-order valence-electron chi connectivity index (χ4n) is 8.71. The molecule has 0 bridgehead atoms. The summed E-state index contributed by atoms with van der Waals surface area (Å²) < 4.78 is 0. The molecule has 0 aromatic carbocycles. The fraction of sp³-hybridized carbons (Fsp3) is 0.958. The van der Waals surface area contributed by atoms with Gasteiger partial charge in [-0.15, -0.1) is 0 Å². The molecule has 4 aliphatic carbocycles. The molecule has 28 heavy (non-hydrogen) atoms. The Kier molecular flexibility index (Phi) is 5.36. The van der Waals surface area contributed by atoms with E-state index in [0.717, 1.165) is 32.1 Å². The highest BCUT2D eigenvalue weighted by atomic mass is 16.4. The topological polar surface area (TPSA) is 80.6 Å². The Bertz CT molecular complexity index is 605. The summed E-state index contributed by atoms with van der Waals surface area (Å²) in [4.78, 5) is 10.9. The van der Waals surface area contributed by atoms with Crippen LogP contribution in [0.15, 0.2) is 0 Å². The Hall–Kier alpha value is -0.610. The lowest BCUT2D eigenvalue weighted by molar-refractivity contribution is -0.306. The number of carbonyl (C=O) groups is 1. The lowest BCUT2D eigenvalue weighted by Crippen LogP contribution is -2.58. The molecule has 2 N–H and O–H groups in total. The van der Waals surface area contributed by atoms with Gasteiger partial charge in [0.05, 0.1) is 12.2 Å². The van der Waals surface area contributed by atoms with Gasteiger partial charge < -0.3 is 20.1 Å². The van der Waals surface area contributed by atoms with Crippen LogP contribution in [-0.2, 0) is 4.79 Å². The summed E-state index contributed by atoms with van der Waals surface area (Å²) in [6.07, 6.45) is 8.98. The van der Waals surface area contributed by atoms with Gasteiger partial charge in [-0.3, -0.25) is 0 Å². The number of hydrogen-bond donors (Lipinski definition) is 2. The molecule has 4 fully saturated rings. The number of carbonyl (C=O) groups excluding carboxylic acids is 1. The standard InChI is InChI=1S/C24H40O4/c1-14(4-9-22(27)28)18-7-8-19-17-6-5-15-12-16(25)10-11-23(15,2)20(17)13-21(26)24(18,19)3/h14-21,25-26H,4-13H2,1-3H3,(H,27,28)/p-1/t14-,15+,16+,17+,18+,19-,20-,21-,23+,24-/m1/s1. The maximum absolute atomic E-state index is 11.5. The van der Waals surface area contributed by atoms with Gasteiger partial charge in [0.15, 0.2) is 0 Å². The second kappa shape index (κ2) is 7.27. The number of rotatable bonds is 4. The van der Waals surface area contributed by atoms with E-state index >= 15 is 0 Å². The molecule has 0 spiro atoms. The average molecular weight is 392 g/mol. The van der Waals surface area contributed by atoms with Crippen LogP contribution in [0.25, 0.3) is 0 Å². The van der Waals surface area contributed by atoms with Crippen molar-refractivity contribution < 1.29 is 20.1 Å². The van der Waals surface area contributed by atoms with Crippen LogP contribution in [0.1, 0.15) is 85.0 Å². The Balaban J connectivity index is 1.56. The van der Waals surface area contributed by atoms with Crippen molar-refractivity contribution in [3.8, 4) is 0 Å². The quantitative estimate of drug-likeness (QED) is 0.771. The first-order valence-electron chi connectivity index (χ1n) is 11.7. The maximum Gasteiger partial charge on any atom is 0.0602 e. The summed E-state index contributed by atoms with van der Waals surface area (Å²) in [5.74, 6) is 2.19. The third kappa shape index (κ3) is 3.05. The van der Waals surface area contributed by atoms with E-state index in [9.17, 15) is 20.1 Å². The molecule has 0 heterocycles. The molecular formula is C24H39O4-. The van der Waals surface area contributed by atoms with Gasteiger partial charge >= 0.3 is 0 Å². The number of hydrogen-bond acceptors (Lipinski definition) is 4. The molecule has 0 radical (unpaired) electrons. The monoisotopic (exact) mass is 391 g/mol. The summed E-state index contributed by atoms with van der Waals surface area (Å²) >= 11 is 0. The van der Waals surface area contributed by atoms with Crippen molar-refractivity contribution in [2.45, 2.75) is 97.2 Å². The fourth-order valence-corrected chi connectivity index (χ4v) is 8.71. The molecule has 4 rings (SSSR count). The average Bonchev–Trinajstić information content (AvgIpc) is 3.00. The van der Waals surface area contributed by atoms with Crippen molar-refractivity contribution in [1.29, 1.82) is 0 Å². The molecule has 4 nitrogen and oxygen atoms in total. The summed E-state index contributed by atoms with van der Waals surface area (Å²) in [7, 11) is 0. The van der Waals surface area contributed by atoms with Crippen molar-refractivity contribution in [1.82, 2.24) is 0 Å². The van der Waals surface area contributed by atoms with E-state index in [0.29, 0.717) is 41.9 Å². The van der Waals surface area contributed by atoms with Gasteiger partial charge in [0.2, 0.25) is 0 Å². The van der Waals surface area contributed by atoms with Crippen LogP contribution in [0.3, 0.4) is 0 Å². The van der Waals surface area contributed by atoms with E-state index in [1.165, 1.54) is 19.3 Å². The zero-order valence-corrected chi connectivity index (χ0v) is 17.9. The SMILES string of the molecule is C[C@H](CCC(=O)[O-])[C@@H]1CC[C@@H]2[C@@H]3CC[C@H]4C[C@@H](O)CC[C@]4(C)[C@@H]3C[C@@H](O)[C@@]21C. The second-order valence-electron chi connectivity index (χ2n) is 11.3. The number of aliphatic hydroxyl groups excluding tert-OH is 2. The second-order valence-corrected chi connectivity index (χ2v) is 11.3. The molecule has 0 unspecified atom stereocenters. The minimum Gasteiger partial charge on any atom is -0.550 e. The van der Waals surface area contributed by atoms with Gasteiger partial charge in [-0.2, -0.15) is 0 Å². The molecule has 0 aromatic rings. The van der Waals surface area contributed by atoms with Crippen molar-refractivity contribution in [3.05, 3.63) is 0 Å². The zero-order valence-electron chi connectivity index (χ0n) is 17.9. The first-order valence-corrected chi connectivity index (χ1v) is 11.7. The number of aliphatic hydroxyl groups is 2. The van der Waals surface area contributed by atoms with E-state index in [4.69, 9.17) is 0 Å². The van der Waals surface area contributed by atoms with Crippen molar-refractivity contribution in [2.75, 3.05) is 0 Å². The highest BCUT2D eigenvalue weighted by Gasteiger charge is 2.63. The summed E-state index contributed by atoms with van der Waals surface area (Å²) in [5, 5.41) is 32.6. The molecule has 0 aromatic heterocycles. The molecule has 4 saturated carbocycles. The van der Waals surface area contributed by atoms with Gasteiger partial charge in [-0.25, -0.2) is 0 Å². The van der Waals surface area contributed by atoms with E-state index in [1.807, 2.05) is 0 Å². The lowest BCUT2D eigenvalue weighted by Gasteiger charge is -2.62. The van der Waals surface area contributed by atoms with E-state index in [2.05, 4.69) is 20.8 Å². The van der Waals surface area contributed by atoms with Crippen LogP contribution in [0.2, 0.25) is 0 Å². The van der Waals surface area contributed by atoms with Crippen LogP contribution >= 0.6 is 0 Å². The van der Waals surface area contributed by atoms with Crippen LogP contribution in [-0.4, -0.2) is 28.4 Å². The first kappa shape index (κ1) is 20.7. The zero-order chi connectivity index (χ0) is 20.3. The third-order valence-corrected chi connectivity index (χ3v) is 10.3. The van der Waals surface area contributed by atoms with E-state index in [1.54, 1.807) is 0 Å². The minimum absolute atomic E-state index is 0.0795. The number of aliphatic carboxylic acids is 1. The van der Waals surface area contributed by atoms with Gasteiger partial charge in [0.25, 0.3) is 0 Å². The Morgan fingerprint density at radius 3 is 2.54 bits per heavy atom. The first-order chi connectivity index (χ1) is 13.2. The Morgan fingerprint density at radius 1 is 1.07 bits per heavy atom. The normalized spacial score (nSPS) is 51.7. The number of fused-ring (bicyclic) bond motifs is 5. The van der Waals surface area contributed by atoms with Crippen molar-refractivity contribution in [3.63, 3.8) is 0 Å². The highest BCUT2D eigenvalue weighted by molar-refractivity contribution is 5.64. The lowest BCUT2D eigenvalue weighted by atomic mass is 9.43. The molecule has 0 saturated heterocycles. The largest absolute Gasteiger partial charge is 0.550 e. The van der Waals surface area contributed by atoms with E-state index < -0.39 is 5.97 Å². The molecule has 4 aliphatic rings. The Labute approximate surface area is 170 Å². The van der Waals surface area contributed by atoms with Crippen LogP contribution in [0.5, 0.6) is 0 Å². The van der Waals surface area contributed by atoms with Crippen LogP contribution in [0.4, 0.5) is 0 Å². The summed E-state index contributed by atoms with van der Waals surface area (Å²) in [5.41, 5.74) is 0.188. The molecule has 160 valence electrons. The van der Waals surface area contributed by atoms with Crippen molar-refractivity contribution >= 4 is 5.97 Å². The summed E-state index contributed by atoms with van der Waals surface area (Å²) in [6.45, 7) is 6.94. The summed E-state index contributed by atoms with van der Waals surface area (Å²) in [6, 6.07) is 0. The van der Waals surface area contributed by atoms with Crippen LogP contribution in [0, 0.1) is 46.3 Å². The smallest absolute Gasteiger partial charge is 0.0602 e. The molecule has 0 aliphatic heterocycles. The maximum atomic E-state index is 11.5. The molecule has 4 heteroatoms. The van der Waals surface area contributed by atoms with Gasteiger partial charge in [0.1, 0.15) is 0 Å². The van der Waals surface area contributed by atoms with Crippen LogP contribution < -0.4 is 5.11 Å². The van der Waals surface area contributed by atoms with E-state index in [-0.39, 0.29) is 29.5 Å². The number of carboxylic acids is 1. The molecule has 0 amide bonds. The van der Waals surface area contributed by atoms with Gasteiger partial charge in [0, 0.05) is 5.97 Å². The third-order valence-electron chi connectivity index (χ3n) is 10.3. The van der Waals surface area contributed by atoms with Gasteiger partial charge in [-0.05, 0) is 111 Å². The molecule has 10 atom stereocenters. The Morgan fingerprint density at radius 2 is 1.82 bits per heavy atom. The predicted molar refractivity (Wildman–Crippen MR) is 106 cm³/mol. The molecular weight excluding hydrogens is 352 g/mol. The number of carboxylic acid groups (broad SMARTS) is 1. The highest BCUT2D eigenvalue weighted by Crippen LogP contribution is 2.68. The van der Waals surface area contributed by atoms with Gasteiger partial charge in [-0.1, -0.05) is 20.8 Å². The van der Waals surface area contributed by atoms with Crippen molar-refractivity contribution in [2.24, 2.45) is 46.3 Å².